The number of ether oxygens (including phenoxy) is 1. The fourth-order valence-corrected chi connectivity index (χ4v) is 2.44. The van der Waals surface area contributed by atoms with Crippen molar-refractivity contribution in [1.29, 1.82) is 0 Å². The molecule has 0 saturated carbocycles. The van der Waals surface area contributed by atoms with Crippen LogP contribution in [-0.2, 0) is 12.8 Å². The van der Waals surface area contributed by atoms with Crippen LogP contribution >= 0.6 is 0 Å². The van der Waals surface area contributed by atoms with Gasteiger partial charge in [-0.15, -0.1) is 0 Å². The largest absolute Gasteiger partial charge is 0.497 e. The molecule has 0 saturated heterocycles. The molecule has 0 spiro atoms. The molecule has 0 fully saturated rings. The van der Waals surface area contributed by atoms with Gasteiger partial charge in [-0.3, -0.25) is 11.3 Å². The third-order valence-corrected chi connectivity index (χ3v) is 3.87. The van der Waals surface area contributed by atoms with E-state index in [0.29, 0.717) is 0 Å². The quantitative estimate of drug-likeness (QED) is 0.605. The summed E-state index contributed by atoms with van der Waals surface area (Å²) in [6, 6.07) is 17.1. The van der Waals surface area contributed by atoms with Gasteiger partial charge in [-0.05, 0) is 48.1 Å². The predicted molar refractivity (Wildman–Crippen MR) is 87.2 cm³/mol. The maximum atomic E-state index is 5.72. The Balaban J connectivity index is 1.97. The summed E-state index contributed by atoms with van der Waals surface area (Å²) in [4.78, 5) is 0. The number of methoxy groups -OCH3 is 1. The topological polar surface area (TPSA) is 47.3 Å². The minimum Gasteiger partial charge on any atom is -0.497 e. The highest BCUT2D eigenvalue weighted by atomic mass is 16.5. The molecule has 1 atom stereocenters. The molecule has 21 heavy (non-hydrogen) atoms. The van der Waals surface area contributed by atoms with E-state index in [0.717, 1.165) is 25.0 Å². The van der Waals surface area contributed by atoms with Crippen molar-refractivity contribution in [1.82, 2.24) is 5.43 Å². The van der Waals surface area contributed by atoms with Gasteiger partial charge >= 0.3 is 0 Å². The third-order valence-electron chi connectivity index (χ3n) is 3.87. The van der Waals surface area contributed by atoms with Gasteiger partial charge < -0.3 is 4.74 Å². The molecule has 0 aliphatic rings. The molecule has 0 amide bonds. The Morgan fingerprint density at radius 3 is 2.14 bits per heavy atom. The van der Waals surface area contributed by atoms with Crippen molar-refractivity contribution in [2.75, 3.05) is 7.11 Å². The van der Waals surface area contributed by atoms with Gasteiger partial charge in [0.05, 0.1) is 7.11 Å². The standard InChI is InChI=1S/C18H24N2O/c1-3-14-4-9-16(10-5-14)18(20-19)13-8-15-6-11-17(21-2)12-7-15/h4-7,9-12,18,20H,3,8,13,19H2,1-2H3. The minimum atomic E-state index is 0.179. The number of hydrogen-bond acceptors (Lipinski definition) is 3. The van der Waals surface area contributed by atoms with E-state index < -0.39 is 0 Å². The van der Waals surface area contributed by atoms with Crippen LogP contribution in [0.5, 0.6) is 5.75 Å². The first kappa shape index (κ1) is 15.5. The summed E-state index contributed by atoms with van der Waals surface area (Å²) < 4.78 is 5.17. The van der Waals surface area contributed by atoms with E-state index in [1.165, 1.54) is 16.7 Å². The first-order valence-electron chi connectivity index (χ1n) is 7.44. The molecule has 0 aliphatic heterocycles. The highest BCUT2D eigenvalue weighted by Gasteiger charge is 2.09. The van der Waals surface area contributed by atoms with Crippen LogP contribution in [-0.4, -0.2) is 7.11 Å². The predicted octanol–water partition coefficient (Wildman–Crippen LogP) is 3.39. The van der Waals surface area contributed by atoms with Crippen molar-refractivity contribution >= 4 is 0 Å². The van der Waals surface area contributed by atoms with E-state index >= 15 is 0 Å². The lowest BCUT2D eigenvalue weighted by Crippen LogP contribution is -2.28. The van der Waals surface area contributed by atoms with Crippen LogP contribution in [0.2, 0.25) is 0 Å². The maximum absolute atomic E-state index is 5.72. The zero-order chi connectivity index (χ0) is 15.1. The average Bonchev–Trinajstić information content (AvgIpc) is 2.56. The number of rotatable bonds is 7. The molecule has 1 unspecified atom stereocenters. The van der Waals surface area contributed by atoms with E-state index in [1.807, 2.05) is 12.1 Å². The Bertz CT molecular complexity index is 534. The Morgan fingerprint density at radius 2 is 1.62 bits per heavy atom. The summed E-state index contributed by atoms with van der Waals surface area (Å²) in [6.45, 7) is 2.16. The van der Waals surface area contributed by atoms with Crippen LogP contribution in [0.1, 0.15) is 36.1 Å². The van der Waals surface area contributed by atoms with Gasteiger partial charge in [0, 0.05) is 6.04 Å². The molecule has 3 N–H and O–H groups in total. The van der Waals surface area contributed by atoms with Crippen molar-refractivity contribution in [2.45, 2.75) is 32.2 Å². The molecule has 112 valence electrons. The van der Waals surface area contributed by atoms with Crippen molar-refractivity contribution in [3.05, 3.63) is 65.2 Å². The molecular formula is C18H24N2O. The minimum absolute atomic E-state index is 0.179. The van der Waals surface area contributed by atoms with E-state index in [1.54, 1.807) is 7.11 Å². The molecule has 0 radical (unpaired) electrons. The Labute approximate surface area is 127 Å². The van der Waals surface area contributed by atoms with Crippen LogP contribution in [0.25, 0.3) is 0 Å². The lowest BCUT2D eigenvalue weighted by molar-refractivity contribution is 0.414. The highest BCUT2D eigenvalue weighted by molar-refractivity contribution is 5.28. The first-order valence-corrected chi connectivity index (χ1v) is 7.44. The monoisotopic (exact) mass is 284 g/mol. The SMILES string of the molecule is CCc1ccc(C(CCc2ccc(OC)cc2)NN)cc1. The van der Waals surface area contributed by atoms with Crippen molar-refractivity contribution in [3.8, 4) is 5.75 Å². The second-order valence-electron chi connectivity index (χ2n) is 5.20. The van der Waals surface area contributed by atoms with Crippen LogP contribution < -0.4 is 16.0 Å². The Morgan fingerprint density at radius 1 is 1.00 bits per heavy atom. The van der Waals surface area contributed by atoms with Crippen LogP contribution in [0.15, 0.2) is 48.5 Å². The first-order chi connectivity index (χ1) is 10.3. The second-order valence-corrected chi connectivity index (χ2v) is 5.20. The molecule has 0 bridgehead atoms. The molecule has 2 rings (SSSR count). The van der Waals surface area contributed by atoms with E-state index in [9.17, 15) is 0 Å². The number of benzene rings is 2. The van der Waals surface area contributed by atoms with Crippen LogP contribution in [0.3, 0.4) is 0 Å². The summed E-state index contributed by atoms with van der Waals surface area (Å²) >= 11 is 0. The number of hydrazine groups is 1. The van der Waals surface area contributed by atoms with E-state index in [4.69, 9.17) is 10.6 Å². The van der Waals surface area contributed by atoms with Gasteiger partial charge in [0.2, 0.25) is 0 Å². The Kier molecular flexibility index (Phi) is 5.78. The Hall–Kier alpha value is -1.84. The van der Waals surface area contributed by atoms with Gasteiger partial charge in [0.1, 0.15) is 5.75 Å². The molecule has 3 nitrogen and oxygen atoms in total. The van der Waals surface area contributed by atoms with Gasteiger partial charge in [0.15, 0.2) is 0 Å². The summed E-state index contributed by atoms with van der Waals surface area (Å²) in [6.07, 6.45) is 3.01. The molecule has 2 aromatic rings. The maximum Gasteiger partial charge on any atom is 0.118 e. The fourth-order valence-electron chi connectivity index (χ4n) is 2.44. The molecule has 0 heterocycles. The average molecular weight is 284 g/mol. The second kappa shape index (κ2) is 7.81. The number of nitrogens with two attached hydrogens (primary N) is 1. The molecule has 0 aliphatic carbocycles. The molecule has 0 aromatic heterocycles. The van der Waals surface area contributed by atoms with Crippen molar-refractivity contribution < 1.29 is 4.74 Å². The lowest BCUT2D eigenvalue weighted by atomic mass is 9.98. The van der Waals surface area contributed by atoms with Gasteiger partial charge in [0.25, 0.3) is 0 Å². The van der Waals surface area contributed by atoms with Gasteiger partial charge in [-0.1, -0.05) is 43.3 Å². The van der Waals surface area contributed by atoms with E-state index in [-0.39, 0.29) is 6.04 Å². The summed E-state index contributed by atoms with van der Waals surface area (Å²) in [7, 11) is 1.68. The number of hydrogen-bond donors (Lipinski definition) is 2. The zero-order valence-corrected chi connectivity index (χ0v) is 12.8. The lowest BCUT2D eigenvalue weighted by Gasteiger charge is -2.17. The van der Waals surface area contributed by atoms with Gasteiger partial charge in [-0.25, -0.2) is 0 Å². The van der Waals surface area contributed by atoms with Gasteiger partial charge in [-0.2, -0.15) is 0 Å². The van der Waals surface area contributed by atoms with Crippen LogP contribution in [0, 0.1) is 0 Å². The van der Waals surface area contributed by atoms with Crippen LogP contribution in [0.4, 0.5) is 0 Å². The van der Waals surface area contributed by atoms with Crippen molar-refractivity contribution in [2.24, 2.45) is 5.84 Å². The smallest absolute Gasteiger partial charge is 0.118 e. The fraction of sp³-hybridized carbons (Fsp3) is 0.333. The van der Waals surface area contributed by atoms with Crippen molar-refractivity contribution in [3.63, 3.8) is 0 Å². The normalized spacial score (nSPS) is 12.1. The summed E-state index contributed by atoms with van der Waals surface area (Å²) in [5.41, 5.74) is 6.81. The third kappa shape index (κ3) is 4.31. The highest BCUT2D eigenvalue weighted by Crippen LogP contribution is 2.20. The molecule has 2 aromatic carbocycles. The number of aryl methyl sites for hydroxylation is 2. The molecular weight excluding hydrogens is 260 g/mol. The summed E-state index contributed by atoms with van der Waals surface area (Å²) in [5.74, 6) is 6.61. The summed E-state index contributed by atoms with van der Waals surface area (Å²) in [5, 5.41) is 0. The number of nitrogens with one attached hydrogen (secondary N) is 1. The zero-order valence-electron chi connectivity index (χ0n) is 12.8. The molecule has 3 heteroatoms. The van der Waals surface area contributed by atoms with E-state index in [2.05, 4.69) is 48.7 Å².